The van der Waals surface area contributed by atoms with E-state index < -0.39 is 53.2 Å². The highest BCUT2D eigenvalue weighted by atomic mass is 35.5. The van der Waals surface area contributed by atoms with Gasteiger partial charge in [0.05, 0.1) is 29.2 Å². The Morgan fingerprint density at radius 1 is 1.15 bits per heavy atom. The van der Waals surface area contributed by atoms with Crippen LogP contribution in [0.25, 0.3) is 0 Å². The van der Waals surface area contributed by atoms with Crippen molar-refractivity contribution in [1.82, 2.24) is 20.4 Å². The fourth-order valence-corrected chi connectivity index (χ4v) is 4.95. The first-order valence-electron chi connectivity index (χ1n) is 10.2. The molecule has 0 bridgehead atoms. The first-order chi connectivity index (χ1) is 15.5. The third-order valence-corrected chi connectivity index (χ3v) is 6.77. The van der Waals surface area contributed by atoms with Crippen molar-refractivity contribution >= 4 is 35.5 Å². The molecule has 3 aliphatic rings. The van der Waals surface area contributed by atoms with Gasteiger partial charge in [-0.25, -0.2) is 9.59 Å². The second kappa shape index (κ2) is 8.40. The highest BCUT2D eigenvalue weighted by molar-refractivity contribution is 6.32. The van der Waals surface area contributed by atoms with Crippen molar-refractivity contribution < 1.29 is 37.5 Å². The van der Waals surface area contributed by atoms with Crippen LogP contribution < -0.4 is 10.6 Å². The van der Waals surface area contributed by atoms with Gasteiger partial charge < -0.3 is 20.6 Å². The molecule has 2 saturated heterocycles. The van der Waals surface area contributed by atoms with Gasteiger partial charge in [-0.1, -0.05) is 23.7 Å². The summed E-state index contributed by atoms with van der Waals surface area (Å²) in [6, 6.07) is 1.20. The fourth-order valence-electron chi connectivity index (χ4n) is 4.66. The number of rotatable bonds is 4. The number of benzene rings is 1. The Hall–Kier alpha value is -3.02. The number of fused-ring (bicyclic) bond motifs is 1. The summed E-state index contributed by atoms with van der Waals surface area (Å²) < 4.78 is 39.6. The maximum atomic E-state index is 13.2. The molecule has 0 radical (unpaired) electrons. The number of hydrogen-bond acceptors (Lipinski definition) is 4. The van der Waals surface area contributed by atoms with Crippen molar-refractivity contribution in [3.63, 3.8) is 0 Å². The number of hydrogen-bond donors (Lipinski definition) is 3. The van der Waals surface area contributed by atoms with Gasteiger partial charge >= 0.3 is 24.2 Å². The lowest BCUT2D eigenvalue weighted by molar-refractivity contribution is -0.153. The van der Waals surface area contributed by atoms with Gasteiger partial charge in [-0.05, 0) is 30.9 Å². The van der Waals surface area contributed by atoms with Crippen LogP contribution in [0, 0.1) is 5.92 Å². The van der Waals surface area contributed by atoms with Gasteiger partial charge in [-0.15, -0.1) is 0 Å². The van der Waals surface area contributed by atoms with E-state index in [2.05, 4.69) is 10.6 Å². The molecule has 1 aromatic carbocycles. The minimum atomic E-state index is -4.74. The molecule has 1 aliphatic carbocycles. The Morgan fingerprint density at radius 3 is 2.52 bits per heavy atom. The van der Waals surface area contributed by atoms with Crippen molar-refractivity contribution in [2.45, 2.75) is 50.1 Å². The molecule has 33 heavy (non-hydrogen) atoms. The lowest BCUT2D eigenvalue weighted by Crippen LogP contribution is -2.62. The van der Waals surface area contributed by atoms with Crippen LogP contribution in [-0.4, -0.2) is 63.5 Å². The highest BCUT2D eigenvalue weighted by Gasteiger charge is 2.48. The molecule has 1 saturated carbocycles. The van der Waals surface area contributed by atoms with Crippen molar-refractivity contribution in [1.29, 1.82) is 0 Å². The number of nitrogens with one attached hydrogen (secondary N) is 2. The number of aliphatic carboxylic acids is 1. The first kappa shape index (κ1) is 23.1. The average molecular weight is 489 g/mol. The summed E-state index contributed by atoms with van der Waals surface area (Å²) in [6.07, 6.45) is -3.37. The van der Waals surface area contributed by atoms with Crippen molar-refractivity contribution in [3.05, 3.63) is 34.3 Å². The molecule has 2 heterocycles. The molecule has 0 aromatic heterocycles. The van der Waals surface area contributed by atoms with E-state index in [0.717, 1.165) is 12.1 Å². The van der Waals surface area contributed by atoms with Crippen LogP contribution in [0.15, 0.2) is 18.2 Å². The Bertz CT molecular complexity index is 1020. The number of urea groups is 2. The first-order valence-corrected chi connectivity index (χ1v) is 10.6. The van der Waals surface area contributed by atoms with E-state index in [1.165, 1.54) is 11.0 Å². The molecule has 3 fully saturated rings. The van der Waals surface area contributed by atoms with E-state index in [1.54, 1.807) is 0 Å². The molecular formula is C20H20ClF3N4O5. The summed E-state index contributed by atoms with van der Waals surface area (Å²) in [7, 11) is 0. The number of carbonyl (C=O) groups excluding carboxylic acids is 3. The molecule has 9 nitrogen and oxygen atoms in total. The second-order valence-corrected chi connectivity index (χ2v) is 8.70. The van der Waals surface area contributed by atoms with Crippen molar-refractivity contribution in [3.8, 4) is 0 Å². The van der Waals surface area contributed by atoms with Gasteiger partial charge in [0.2, 0.25) is 5.91 Å². The maximum Gasteiger partial charge on any atom is 0.417 e. The van der Waals surface area contributed by atoms with E-state index in [-0.39, 0.29) is 30.2 Å². The summed E-state index contributed by atoms with van der Waals surface area (Å²) in [5, 5.41) is 14.4. The minimum absolute atomic E-state index is 0.106. The van der Waals surface area contributed by atoms with Gasteiger partial charge in [-0.3, -0.25) is 14.5 Å². The van der Waals surface area contributed by atoms with Gasteiger partial charge in [0.25, 0.3) is 0 Å². The van der Waals surface area contributed by atoms with Crippen LogP contribution in [-0.2, 0) is 22.3 Å². The van der Waals surface area contributed by atoms with E-state index in [4.69, 9.17) is 11.6 Å². The van der Waals surface area contributed by atoms with E-state index >= 15 is 0 Å². The van der Waals surface area contributed by atoms with E-state index in [0.29, 0.717) is 24.2 Å². The van der Waals surface area contributed by atoms with E-state index in [9.17, 15) is 37.5 Å². The molecule has 2 aliphatic heterocycles. The number of carboxylic acids is 1. The largest absolute Gasteiger partial charge is 0.481 e. The molecule has 4 atom stereocenters. The lowest BCUT2D eigenvalue weighted by atomic mass is 9.86. The highest BCUT2D eigenvalue weighted by Crippen LogP contribution is 2.37. The fraction of sp³-hybridized carbons (Fsp3) is 0.500. The zero-order valence-corrected chi connectivity index (χ0v) is 17.8. The van der Waals surface area contributed by atoms with Gasteiger partial charge in [0.1, 0.15) is 0 Å². The van der Waals surface area contributed by atoms with Crippen LogP contribution >= 0.6 is 11.6 Å². The number of nitrogens with zero attached hydrogens (tertiary/aromatic N) is 2. The van der Waals surface area contributed by atoms with Crippen LogP contribution in [0.5, 0.6) is 0 Å². The standard InChI is InChI=1S/C20H20ClF3N4O5/c21-15-9(2-1-3-12(15)20(22,23)24)7-28-16(29)11(17(30)31)8-27(19(28)33)10-4-5-13-14(6-10)26-18(32)25-13/h1-3,10-11,13-14H,4-8H2,(H,30,31)(H2,25,26,32). The normalized spacial score (nSPS) is 27.8. The third kappa shape index (κ3) is 4.31. The monoisotopic (exact) mass is 488 g/mol. The van der Waals surface area contributed by atoms with Crippen LogP contribution in [0.4, 0.5) is 22.8 Å². The molecule has 4 rings (SSSR count). The van der Waals surface area contributed by atoms with Gasteiger partial charge in [0.15, 0.2) is 5.92 Å². The average Bonchev–Trinajstić information content (AvgIpc) is 3.10. The number of halogens is 4. The summed E-state index contributed by atoms with van der Waals surface area (Å²) in [4.78, 5) is 51.3. The molecule has 5 amide bonds. The number of imide groups is 1. The Labute approximate surface area is 190 Å². The molecule has 0 spiro atoms. The van der Waals surface area contributed by atoms with Crippen LogP contribution in [0.2, 0.25) is 5.02 Å². The quantitative estimate of drug-likeness (QED) is 0.562. The predicted molar refractivity (Wildman–Crippen MR) is 107 cm³/mol. The Kier molecular flexibility index (Phi) is 5.89. The minimum Gasteiger partial charge on any atom is -0.481 e. The number of alkyl halides is 3. The number of amides is 5. The lowest BCUT2D eigenvalue weighted by Gasteiger charge is -2.44. The Balaban J connectivity index is 1.61. The smallest absolute Gasteiger partial charge is 0.417 e. The zero-order valence-electron chi connectivity index (χ0n) is 17.1. The van der Waals surface area contributed by atoms with Crippen LogP contribution in [0.3, 0.4) is 0 Å². The molecule has 4 unspecified atom stereocenters. The molecule has 13 heteroatoms. The maximum absolute atomic E-state index is 13.2. The number of carbonyl (C=O) groups is 4. The van der Waals surface area contributed by atoms with Crippen molar-refractivity contribution in [2.75, 3.05) is 6.54 Å². The summed E-state index contributed by atoms with van der Waals surface area (Å²) >= 11 is 5.92. The predicted octanol–water partition coefficient (Wildman–Crippen LogP) is 2.43. The SMILES string of the molecule is O=C1NC2CCC(N3CC(C(=O)O)C(=O)N(Cc4cccc(C(F)(F)F)c4Cl)C3=O)CC2N1. The van der Waals surface area contributed by atoms with Crippen molar-refractivity contribution in [2.24, 2.45) is 5.92 Å². The third-order valence-electron chi connectivity index (χ3n) is 6.33. The topological polar surface area (TPSA) is 119 Å². The molecule has 178 valence electrons. The summed E-state index contributed by atoms with van der Waals surface area (Å²) in [6.45, 7) is -0.957. The zero-order chi connectivity index (χ0) is 24.1. The second-order valence-electron chi connectivity index (χ2n) is 8.32. The van der Waals surface area contributed by atoms with Gasteiger partial charge in [0, 0.05) is 12.6 Å². The van der Waals surface area contributed by atoms with E-state index in [1.807, 2.05) is 0 Å². The van der Waals surface area contributed by atoms with Crippen LogP contribution in [0.1, 0.15) is 30.4 Å². The Morgan fingerprint density at radius 2 is 1.85 bits per heavy atom. The van der Waals surface area contributed by atoms with Gasteiger partial charge in [-0.2, -0.15) is 13.2 Å². The molecular weight excluding hydrogens is 469 g/mol. The molecule has 3 N–H and O–H groups in total. The molecule has 1 aromatic rings. The number of carboxylic acid groups (broad SMARTS) is 1. The summed E-state index contributed by atoms with van der Waals surface area (Å²) in [5.41, 5.74) is -1.25. The summed E-state index contributed by atoms with van der Waals surface area (Å²) in [5.74, 6) is -4.02.